The predicted molar refractivity (Wildman–Crippen MR) is 82.1 cm³/mol. The fourth-order valence-electron chi connectivity index (χ4n) is 2.26. The van der Waals surface area contributed by atoms with E-state index >= 15 is 0 Å². The molecular weight excluding hydrogens is 299 g/mol. The van der Waals surface area contributed by atoms with E-state index in [-0.39, 0.29) is 38.0 Å². The van der Waals surface area contributed by atoms with Crippen molar-refractivity contribution < 1.29 is 14.9 Å². The van der Waals surface area contributed by atoms with Crippen molar-refractivity contribution in [2.24, 2.45) is 0 Å². The van der Waals surface area contributed by atoms with Gasteiger partial charge in [0.1, 0.15) is 11.5 Å². The molecule has 0 spiro atoms. The third-order valence-corrected chi connectivity index (χ3v) is 3.22. The molecule has 108 valence electrons. The van der Waals surface area contributed by atoms with Gasteiger partial charge < -0.3 is 14.9 Å². The lowest BCUT2D eigenvalue weighted by molar-refractivity contribution is 0.281. The summed E-state index contributed by atoms with van der Waals surface area (Å²) in [5.41, 5.74) is 3.92. The molecule has 1 aliphatic rings. The number of hydrogen-bond donors (Lipinski definition) is 2. The third-order valence-electron chi connectivity index (χ3n) is 3.22. The maximum absolute atomic E-state index is 9.14. The molecule has 0 aliphatic carbocycles. The standard InChI is InChI=1S/C15H14O3.2ClH/c16-8-10-1-3-14-12(5-10)7-13-6-11(9-17)2-4-15(13)18-14;;/h1-6,16-17H,7-9H2;2*1H. The highest BCUT2D eigenvalue weighted by Gasteiger charge is 2.17. The molecule has 1 aliphatic heterocycles. The van der Waals surface area contributed by atoms with Gasteiger partial charge in [-0.25, -0.2) is 0 Å². The Morgan fingerprint density at radius 2 is 1.25 bits per heavy atom. The van der Waals surface area contributed by atoms with Crippen LogP contribution < -0.4 is 4.74 Å². The molecule has 5 heteroatoms. The summed E-state index contributed by atoms with van der Waals surface area (Å²) in [6.07, 6.45) is 0.770. The second kappa shape index (κ2) is 6.95. The predicted octanol–water partition coefficient (Wildman–Crippen LogP) is 3.21. The third kappa shape index (κ3) is 3.07. The van der Waals surface area contributed by atoms with Crippen molar-refractivity contribution in [2.75, 3.05) is 0 Å². The summed E-state index contributed by atoms with van der Waals surface area (Å²) in [4.78, 5) is 0. The molecule has 1 heterocycles. The fourth-order valence-corrected chi connectivity index (χ4v) is 2.26. The number of ether oxygens (including phenoxy) is 1. The molecule has 0 aromatic heterocycles. The van der Waals surface area contributed by atoms with Gasteiger partial charge in [0.2, 0.25) is 0 Å². The van der Waals surface area contributed by atoms with Gasteiger partial charge in [-0.3, -0.25) is 0 Å². The molecule has 2 aromatic rings. The first-order valence-corrected chi connectivity index (χ1v) is 5.93. The Hall–Kier alpha value is -1.26. The van der Waals surface area contributed by atoms with Crippen LogP contribution >= 0.6 is 24.8 Å². The van der Waals surface area contributed by atoms with E-state index in [4.69, 9.17) is 14.9 Å². The van der Waals surface area contributed by atoms with Gasteiger partial charge in [-0.2, -0.15) is 0 Å². The largest absolute Gasteiger partial charge is 0.457 e. The molecule has 0 atom stereocenters. The zero-order valence-electron chi connectivity index (χ0n) is 10.7. The lowest BCUT2D eigenvalue weighted by Gasteiger charge is -2.21. The Bertz CT molecular complexity index is 548. The van der Waals surface area contributed by atoms with Crippen molar-refractivity contribution in [3.8, 4) is 11.5 Å². The minimum absolute atomic E-state index is 0. The van der Waals surface area contributed by atoms with Gasteiger partial charge in [0.25, 0.3) is 0 Å². The highest BCUT2D eigenvalue weighted by Crippen LogP contribution is 2.37. The van der Waals surface area contributed by atoms with E-state index < -0.39 is 0 Å². The zero-order chi connectivity index (χ0) is 12.5. The molecule has 0 saturated carbocycles. The summed E-state index contributed by atoms with van der Waals surface area (Å²) in [6.45, 7) is 0.0770. The lowest BCUT2D eigenvalue weighted by Crippen LogP contribution is -2.04. The highest BCUT2D eigenvalue weighted by atomic mass is 35.5. The maximum atomic E-state index is 9.14. The number of benzene rings is 2. The minimum atomic E-state index is 0. The summed E-state index contributed by atoms with van der Waals surface area (Å²) in [6, 6.07) is 11.4. The number of hydrogen-bond acceptors (Lipinski definition) is 3. The van der Waals surface area contributed by atoms with E-state index in [0.717, 1.165) is 40.2 Å². The first kappa shape index (κ1) is 16.8. The van der Waals surface area contributed by atoms with Crippen LogP contribution in [-0.2, 0) is 19.6 Å². The summed E-state index contributed by atoms with van der Waals surface area (Å²) in [7, 11) is 0. The molecule has 0 bridgehead atoms. The van der Waals surface area contributed by atoms with Gasteiger partial charge in [-0.05, 0) is 46.5 Å². The van der Waals surface area contributed by atoms with Crippen LogP contribution in [0.2, 0.25) is 0 Å². The van der Waals surface area contributed by atoms with Gasteiger partial charge in [0.05, 0.1) is 13.2 Å². The van der Waals surface area contributed by atoms with Gasteiger partial charge >= 0.3 is 0 Å². The second-order valence-corrected chi connectivity index (χ2v) is 4.48. The van der Waals surface area contributed by atoms with E-state index in [1.807, 2.05) is 36.4 Å². The van der Waals surface area contributed by atoms with Crippen LogP contribution in [0.3, 0.4) is 0 Å². The topological polar surface area (TPSA) is 49.7 Å². The summed E-state index contributed by atoms with van der Waals surface area (Å²) >= 11 is 0. The summed E-state index contributed by atoms with van der Waals surface area (Å²) in [5, 5.41) is 18.3. The normalized spacial score (nSPS) is 11.3. The molecule has 0 unspecified atom stereocenters. The van der Waals surface area contributed by atoms with E-state index in [0.29, 0.717) is 0 Å². The molecule has 20 heavy (non-hydrogen) atoms. The quantitative estimate of drug-likeness (QED) is 0.763. The molecular formula is C15H16Cl2O3. The number of halogens is 2. The maximum Gasteiger partial charge on any atom is 0.130 e. The van der Waals surface area contributed by atoms with Gasteiger partial charge in [-0.1, -0.05) is 12.1 Å². The van der Waals surface area contributed by atoms with Crippen LogP contribution in [0.25, 0.3) is 0 Å². The van der Waals surface area contributed by atoms with Crippen molar-refractivity contribution in [3.63, 3.8) is 0 Å². The Labute approximate surface area is 130 Å². The number of fused-ring (bicyclic) bond motifs is 2. The van der Waals surface area contributed by atoms with Crippen molar-refractivity contribution in [2.45, 2.75) is 19.6 Å². The van der Waals surface area contributed by atoms with E-state index in [9.17, 15) is 0 Å². The molecule has 3 rings (SSSR count). The van der Waals surface area contributed by atoms with E-state index in [2.05, 4.69) is 0 Å². The van der Waals surface area contributed by atoms with Crippen molar-refractivity contribution in [1.29, 1.82) is 0 Å². The van der Waals surface area contributed by atoms with Crippen LogP contribution in [0.15, 0.2) is 36.4 Å². The average Bonchev–Trinajstić information content (AvgIpc) is 2.43. The molecule has 2 N–H and O–H groups in total. The molecule has 3 nitrogen and oxygen atoms in total. The highest BCUT2D eigenvalue weighted by molar-refractivity contribution is 5.85. The van der Waals surface area contributed by atoms with E-state index in [1.165, 1.54) is 0 Å². The number of rotatable bonds is 2. The number of aliphatic hydroxyl groups excluding tert-OH is 2. The molecule has 0 fully saturated rings. The monoisotopic (exact) mass is 314 g/mol. The molecule has 0 radical (unpaired) electrons. The van der Waals surface area contributed by atoms with Gasteiger partial charge in [-0.15, -0.1) is 24.8 Å². The summed E-state index contributed by atoms with van der Waals surface area (Å²) in [5.74, 6) is 1.69. The molecule has 0 saturated heterocycles. The van der Waals surface area contributed by atoms with Crippen LogP contribution in [-0.4, -0.2) is 10.2 Å². The van der Waals surface area contributed by atoms with Gasteiger partial charge in [0, 0.05) is 6.42 Å². The molecule has 0 amide bonds. The molecule has 2 aromatic carbocycles. The fraction of sp³-hybridized carbons (Fsp3) is 0.200. The van der Waals surface area contributed by atoms with Crippen LogP contribution in [0.5, 0.6) is 11.5 Å². The van der Waals surface area contributed by atoms with Crippen LogP contribution in [0, 0.1) is 0 Å². The zero-order valence-corrected chi connectivity index (χ0v) is 12.3. The minimum Gasteiger partial charge on any atom is -0.457 e. The lowest BCUT2D eigenvalue weighted by atomic mass is 9.97. The van der Waals surface area contributed by atoms with E-state index in [1.54, 1.807) is 0 Å². The Morgan fingerprint density at radius 3 is 1.65 bits per heavy atom. The Morgan fingerprint density at radius 1 is 0.800 bits per heavy atom. The Balaban J connectivity index is 0.000001000. The first-order valence-electron chi connectivity index (χ1n) is 5.93. The smallest absolute Gasteiger partial charge is 0.130 e. The Kier molecular flexibility index (Phi) is 5.84. The van der Waals surface area contributed by atoms with Crippen molar-refractivity contribution in [3.05, 3.63) is 58.7 Å². The van der Waals surface area contributed by atoms with Gasteiger partial charge in [0.15, 0.2) is 0 Å². The average molecular weight is 315 g/mol. The van der Waals surface area contributed by atoms with Crippen molar-refractivity contribution in [1.82, 2.24) is 0 Å². The van der Waals surface area contributed by atoms with Crippen LogP contribution in [0.1, 0.15) is 22.3 Å². The SMILES string of the molecule is Cl.Cl.OCc1ccc2c(c1)Cc1cc(CO)ccc1O2. The summed E-state index contributed by atoms with van der Waals surface area (Å²) < 4.78 is 5.81. The van der Waals surface area contributed by atoms with Crippen LogP contribution in [0.4, 0.5) is 0 Å². The first-order chi connectivity index (χ1) is 8.80. The second-order valence-electron chi connectivity index (χ2n) is 4.48. The number of aliphatic hydroxyl groups is 2. The van der Waals surface area contributed by atoms with Crippen molar-refractivity contribution >= 4 is 24.8 Å².